The third kappa shape index (κ3) is 3.23. The minimum absolute atomic E-state index is 0.00515. The summed E-state index contributed by atoms with van der Waals surface area (Å²) in [6, 6.07) is 14.0. The molecule has 0 radical (unpaired) electrons. The summed E-state index contributed by atoms with van der Waals surface area (Å²) in [5.41, 5.74) is 0.943. The summed E-state index contributed by atoms with van der Waals surface area (Å²) >= 11 is 0. The summed E-state index contributed by atoms with van der Waals surface area (Å²) in [5, 5.41) is 14.1. The lowest BCUT2D eigenvalue weighted by Gasteiger charge is -2.39. The minimum atomic E-state index is -3.50. The molecule has 0 bridgehead atoms. The van der Waals surface area contributed by atoms with Gasteiger partial charge in [0.15, 0.2) is 11.6 Å². The molecule has 1 aliphatic carbocycles. The SMILES string of the molecule is CC(C)CCC1(C)C(=O)C(C2=NS(O)(O)c3ccccc3N2)=C(O)c2ccccc21. The van der Waals surface area contributed by atoms with Crippen molar-refractivity contribution in [3.8, 4) is 0 Å². The number of Topliss-reactive ketones (excluding diaryl/α,β-unsaturated/α-hetero) is 1. The van der Waals surface area contributed by atoms with Gasteiger partial charge in [0.05, 0.1) is 11.1 Å². The van der Waals surface area contributed by atoms with Crippen molar-refractivity contribution in [2.24, 2.45) is 10.3 Å². The molecular formula is C23H26N2O4S. The third-order valence-electron chi connectivity index (χ3n) is 5.85. The highest BCUT2D eigenvalue weighted by atomic mass is 32.3. The number of fused-ring (bicyclic) bond motifs is 2. The molecule has 0 saturated carbocycles. The Morgan fingerprint density at radius 3 is 2.50 bits per heavy atom. The van der Waals surface area contributed by atoms with Gasteiger partial charge in [0, 0.05) is 5.56 Å². The van der Waals surface area contributed by atoms with Crippen LogP contribution >= 0.6 is 10.8 Å². The van der Waals surface area contributed by atoms with Crippen LogP contribution in [-0.4, -0.2) is 25.8 Å². The second-order valence-corrected chi connectivity index (χ2v) is 10.1. The van der Waals surface area contributed by atoms with Crippen LogP contribution in [-0.2, 0) is 10.2 Å². The largest absolute Gasteiger partial charge is 0.506 e. The number of aliphatic hydroxyl groups is 1. The van der Waals surface area contributed by atoms with E-state index >= 15 is 0 Å². The lowest BCUT2D eigenvalue weighted by Crippen LogP contribution is -2.42. The highest BCUT2D eigenvalue weighted by Crippen LogP contribution is 2.56. The van der Waals surface area contributed by atoms with Crippen molar-refractivity contribution in [1.82, 2.24) is 0 Å². The van der Waals surface area contributed by atoms with E-state index in [4.69, 9.17) is 0 Å². The van der Waals surface area contributed by atoms with Gasteiger partial charge < -0.3 is 10.4 Å². The summed E-state index contributed by atoms with van der Waals surface area (Å²) in [6.45, 7) is 6.10. The van der Waals surface area contributed by atoms with E-state index in [9.17, 15) is 19.0 Å². The Balaban J connectivity index is 1.88. The fourth-order valence-electron chi connectivity index (χ4n) is 4.10. The summed E-state index contributed by atoms with van der Waals surface area (Å²) in [6.07, 6.45) is 1.44. The fraction of sp³-hybridized carbons (Fsp3) is 0.304. The van der Waals surface area contributed by atoms with E-state index in [2.05, 4.69) is 23.6 Å². The number of hydrogen-bond acceptors (Lipinski definition) is 6. The standard InChI is InChI=1S/C23H26N2O4S/c1-14(2)12-13-23(3)16-9-5-4-8-15(16)20(26)19(21(23)27)22-24-17-10-6-7-11-18(17)30(28,29)25-22/h4-11,14,26,28-29H,12-13H2,1-3H3,(H,24,25). The first kappa shape index (κ1) is 20.7. The van der Waals surface area contributed by atoms with Crippen molar-refractivity contribution in [2.75, 3.05) is 5.32 Å². The van der Waals surface area contributed by atoms with E-state index in [1.807, 2.05) is 25.1 Å². The van der Waals surface area contributed by atoms with Crippen LogP contribution < -0.4 is 5.32 Å². The molecule has 158 valence electrons. The zero-order valence-corrected chi connectivity index (χ0v) is 18.0. The summed E-state index contributed by atoms with van der Waals surface area (Å²) < 4.78 is 25.3. The quantitative estimate of drug-likeness (QED) is 0.496. The molecule has 4 N–H and O–H groups in total. The van der Waals surface area contributed by atoms with Gasteiger partial charge in [-0.1, -0.05) is 61.0 Å². The van der Waals surface area contributed by atoms with E-state index in [1.54, 1.807) is 30.3 Å². The monoisotopic (exact) mass is 426 g/mol. The predicted molar refractivity (Wildman–Crippen MR) is 121 cm³/mol. The molecule has 4 rings (SSSR count). The maximum atomic E-state index is 13.8. The first-order valence-electron chi connectivity index (χ1n) is 9.97. The number of carbonyl (C=O) groups is 1. The first-order valence-corrected chi connectivity index (χ1v) is 11.5. The molecule has 1 aliphatic heterocycles. The normalized spacial score (nSPS) is 23.4. The minimum Gasteiger partial charge on any atom is -0.506 e. The molecule has 0 fully saturated rings. The zero-order chi connectivity index (χ0) is 21.7. The molecule has 0 spiro atoms. The molecule has 2 aliphatic rings. The average Bonchev–Trinajstić information content (AvgIpc) is 2.71. The first-order chi connectivity index (χ1) is 14.1. The van der Waals surface area contributed by atoms with E-state index in [0.717, 1.165) is 12.0 Å². The van der Waals surface area contributed by atoms with Crippen LogP contribution in [0.3, 0.4) is 0 Å². The second kappa shape index (κ2) is 7.27. The predicted octanol–water partition coefficient (Wildman–Crippen LogP) is 5.78. The molecule has 0 saturated heterocycles. The van der Waals surface area contributed by atoms with Gasteiger partial charge in [-0.25, -0.2) is 0 Å². The third-order valence-corrected chi connectivity index (χ3v) is 7.24. The molecule has 1 unspecified atom stereocenters. The number of rotatable bonds is 4. The number of amidine groups is 1. The van der Waals surface area contributed by atoms with Gasteiger partial charge in [-0.05, 0) is 43.4 Å². The number of nitrogens with one attached hydrogen (secondary N) is 1. The summed E-state index contributed by atoms with van der Waals surface area (Å²) in [5.74, 6) is -0.0751. The highest BCUT2D eigenvalue weighted by molar-refractivity contribution is 8.23. The Hall–Kier alpha value is -2.61. The van der Waals surface area contributed by atoms with Crippen molar-refractivity contribution in [3.05, 3.63) is 65.2 Å². The number of anilines is 1. The average molecular weight is 427 g/mol. The van der Waals surface area contributed by atoms with Crippen LogP contribution in [0.25, 0.3) is 5.76 Å². The molecule has 1 atom stereocenters. The van der Waals surface area contributed by atoms with Crippen molar-refractivity contribution >= 4 is 33.8 Å². The molecule has 7 heteroatoms. The molecule has 2 aromatic rings. The lowest BCUT2D eigenvalue weighted by atomic mass is 9.66. The Morgan fingerprint density at radius 1 is 1.10 bits per heavy atom. The fourth-order valence-corrected chi connectivity index (χ4v) is 5.27. The number of nitrogens with zero attached hydrogens (tertiary/aromatic N) is 1. The summed E-state index contributed by atoms with van der Waals surface area (Å²) in [7, 11) is -3.50. The maximum Gasteiger partial charge on any atom is 0.180 e. The lowest BCUT2D eigenvalue weighted by molar-refractivity contribution is -0.120. The van der Waals surface area contributed by atoms with Gasteiger partial charge in [-0.15, -0.1) is 4.40 Å². The van der Waals surface area contributed by atoms with Crippen LogP contribution in [0, 0.1) is 5.92 Å². The molecule has 0 amide bonds. The van der Waals surface area contributed by atoms with Crippen molar-refractivity contribution in [2.45, 2.75) is 43.9 Å². The maximum absolute atomic E-state index is 13.8. The van der Waals surface area contributed by atoms with Crippen molar-refractivity contribution < 1.29 is 19.0 Å². The highest BCUT2D eigenvalue weighted by Gasteiger charge is 2.46. The van der Waals surface area contributed by atoms with Gasteiger partial charge in [-0.3, -0.25) is 13.9 Å². The van der Waals surface area contributed by atoms with Crippen molar-refractivity contribution in [3.63, 3.8) is 0 Å². The van der Waals surface area contributed by atoms with Crippen LogP contribution in [0.5, 0.6) is 0 Å². The molecule has 30 heavy (non-hydrogen) atoms. The topological polar surface area (TPSA) is 102 Å². The number of hydrogen-bond donors (Lipinski definition) is 4. The summed E-state index contributed by atoms with van der Waals surface area (Å²) in [4.78, 5) is 14.0. The number of ketones is 1. The van der Waals surface area contributed by atoms with Crippen LogP contribution in [0.1, 0.15) is 44.7 Å². The van der Waals surface area contributed by atoms with Crippen LogP contribution in [0.2, 0.25) is 0 Å². The van der Waals surface area contributed by atoms with Gasteiger partial charge >= 0.3 is 0 Å². The Kier molecular flexibility index (Phi) is 5.00. The number of benzene rings is 2. The van der Waals surface area contributed by atoms with E-state index in [1.165, 1.54) is 0 Å². The number of aliphatic hydroxyl groups excluding tert-OH is 1. The Bertz CT molecular complexity index is 1090. The van der Waals surface area contributed by atoms with E-state index < -0.39 is 16.2 Å². The Labute approximate surface area is 177 Å². The molecular weight excluding hydrogens is 400 g/mol. The van der Waals surface area contributed by atoms with Gasteiger partial charge in [-0.2, -0.15) is 0 Å². The molecule has 6 nitrogen and oxygen atoms in total. The number of carbonyl (C=O) groups excluding carboxylic acids is 1. The van der Waals surface area contributed by atoms with Crippen LogP contribution in [0.15, 0.2) is 63.4 Å². The smallest absolute Gasteiger partial charge is 0.180 e. The molecule has 1 heterocycles. The molecule has 0 aromatic heterocycles. The van der Waals surface area contributed by atoms with Gasteiger partial charge in [0.2, 0.25) is 0 Å². The van der Waals surface area contributed by atoms with Crippen molar-refractivity contribution in [1.29, 1.82) is 0 Å². The van der Waals surface area contributed by atoms with Gasteiger partial charge in [0.1, 0.15) is 16.2 Å². The Morgan fingerprint density at radius 2 is 1.77 bits per heavy atom. The van der Waals surface area contributed by atoms with E-state index in [0.29, 0.717) is 23.6 Å². The van der Waals surface area contributed by atoms with E-state index in [-0.39, 0.29) is 27.8 Å². The second-order valence-electron chi connectivity index (χ2n) is 8.44. The number of para-hydroxylation sites is 1. The molecule has 2 aromatic carbocycles. The zero-order valence-electron chi connectivity index (χ0n) is 17.2. The van der Waals surface area contributed by atoms with Crippen LogP contribution in [0.4, 0.5) is 5.69 Å². The van der Waals surface area contributed by atoms with Gasteiger partial charge in [0.25, 0.3) is 0 Å².